The lowest BCUT2D eigenvalue weighted by atomic mass is 10.1. The van der Waals surface area contributed by atoms with Crippen LogP contribution in [0, 0.1) is 6.92 Å². The standard InChI is InChI=1S/C13H14N2O2/c1-8-4-3-5-9-10(8)15-11(14-9)13(6-7-13)12(16)17-2/h3-5H,6-7H2,1-2H3,(H,14,15). The minimum Gasteiger partial charge on any atom is -0.468 e. The van der Waals surface area contributed by atoms with Gasteiger partial charge in [-0.2, -0.15) is 0 Å². The maximum absolute atomic E-state index is 11.8. The number of carbonyl (C=O) groups excluding carboxylic acids is 1. The van der Waals surface area contributed by atoms with Crippen molar-refractivity contribution in [2.24, 2.45) is 0 Å². The Labute approximate surface area is 99.0 Å². The number of hydrogen-bond donors (Lipinski definition) is 1. The Morgan fingerprint density at radius 2 is 2.24 bits per heavy atom. The summed E-state index contributed by atoms with van der Waals surface area (Å²) in [6.07, 6.45) is 1.64. The molecule has 4 heteroatoms. The summed E-state index contributed by atoms with van der Waals surface area (Å²) >= 11 is 0. The Bertz CT molecular complexity index is 596. The number of hydrogen-bond acceptors (Lipinski definition) is 3. The molecule has 0 unspecified atom stereocenters. The third-order valence-corrected chi connectivity index (χ3v) is 3.49. The number of para-hydroxylation sites is 1. The molecule has 0 saturated heterocycles. The molecule has 2 aromatic rings. The molecule has 0 radical (unpaired) electrons. The fourth-order valence-electron chi connectivity index (χ4n) is 2.26. The van der Waals surface area contributed by atoms with Crippen LogP contribution in [0.25, 0.3) is 11.0 Å². The first-order valence-electron chi connectivity index (χ1n) is 5.71. The van der Waals surface area contributed by atoms with Crippen molar-refractivity contribution in [2.75, 3.05) is 7.11 Å². The Hall–Kier alpha value is -1.84. The average Bonchev–Trinajstić information content (AvgIpc) is 3.02. The number of rotatable bonds is 2. The Morgan fingerprint density at radius 3 is 2.82 bits per heavy atom. The number of nitrogens with one attached hydrogen (secondary N) is 1. The molecule has 0 aliphatic heterocycles. The van der Waals surface area contributed by atoms with Crippen LogP contribution < -0.4 is 0 Å². The number of carbonyl (C=O) groups is 1. The summed E-state index contributed by atoms with van der Waals surface area (Å²) in [5, 5.41) is 0. The van der Waals surface area contributed by atoms with Gasteiger partial charge in [0, 0.05) is 0 Å². The molecule has 0 spiro atoms. The highest BCUT2D eigenvalue weighted by Gasteiger charge is 2.55. The fourth-order valence-corrected chi connectivity index (χ4v) is 2.26. The molecule has 1 heterocycles. The molecule has 0 amide bonds. The molecular formula is C13H14N2O2. The third-order valence-electron chi connectivity index (χ3n) is 3.49. The van der Waals surface area contributed by atoms with E-state index in [1.807, 2.05) is 25.1 Å². The van der Waals surface area contributed by atoms with Gasteiger partial charge in [0.05, 0.1) is 18.1 Å². The van der Waals surface area contributed by atoms with Crippen LogP contribution in [0.3, 0.4) is 0 Å². The van der Waals surface area contributed by atoms with Gasteiger partial charge in [0.25, 0.3) is 0 Å². The average molecular weight is 230 g/mol. The van der Waals surface area contributed by atoms with Crippen LogP contribution in [-0.2, 0) is 14.9 Å². The molecule has 1 aromatic carbocycles. The topological polar surface area (TPSA) is 55.0 Å². The number of esters is 1. The number of H-pyrrole nitrogens is 1. The number of aromatic amines is 1. The monoisotopic (exact) mass is 230 g/mol. The SMILES string of the molecule is COC(=O)C1(c2nc3c(C)cccc3[nH]2)CC1. The van der Waals surface area contributed by atoms with Gasteiger partial charge in [-0.25, -0.2) is 4.98 Å². The number of benzene rings is 1. The predicted molar refractivity (Wildman–Crippen MR) is 63.8 cm³/mol. The number of methoxy groups -OCH3 is 1. The Balaban J connectivity index is 2.13. The highest BCUT2D eigenvalue weighted by Crippen LogP contribution is 2.48. The van der Waals surface area contributed by atoms with Gasteiger partial charge in [-0.3, -0.25) is 4.79 Å². The first-order chi connectivity index (χ1) is 8.17. The van der Waals surface area contributed by atoms with E-state index in [4.69, 9.17) is 4.74 Å². The smallest absolute Gasteiger partial charge is 0.319 e. The second-order valence-electron chi connectivity index (χ2n) is 4.63. The normalized spacial score (nSPS) is 17.1. The van der Waals surface area contributed by atoms with Gasteiger partial charge in [0.1, 0.15) is 11.2 Å². The van der Waals surface area contributed by atoms with Crippen LogP contribution in [0.2, 0.25) is 0 Å². The Kier molecular flexibility index (Phi) is 2.02. The zero-order chi connectivity index (χ0) is 12.0. The minimum atomic E-state index is -0.514. The molecule has 1 aliphatic carbocycles. The van der Waals surface area contributed by atoms with E-state index in [2.05, 4.69) is 9.97 Å². The van der Waals surface area contributed by atoms with Crippen molar-refractivity contribution < 1.29 is 9.53 Å². The van der Waals surface area contributed by atoms with E-state index in [1.165, 1.54) is 7.11 Å². The number of aromatic nitrogens is 2. The lowest BCUT2D eigenvalue weighted by molar-refractivity contribution is -0.143. The zero-order valence-corrected chi connectivity index (χ0v) is 9.91. The van der Waals surface area contributed by atoms with Crippen LogP contribution in [0.15, 0.2) is 18.2 Å². The highest BCUT2D eigenvalue weighted by atomic mass is 16.5. The molecule has 0 bridgehead atoms. The van der Waals surface area contributed by atoms with E-state index < -0.39 is 5.41 Å². The van der Waals surface area contributed by atoms with Crippen molar-refractivity contribution in [3.8, 4) is 0 Å². The van der Waals surface area contributed by atoms with Gasteiger partial charge >= 0.3 is 5.97 Å². The zero-order valence-electron chi connectivity index (χ0n) is 9.91. The molecule has 17 heavy (non-hydrogen) atoms. The number of fused-ring (bicyclic) bond motifs is 1. The fraction of sp³-hybridized carbons (Fsp3) is 0.385. The third kappa shape index (κ3) is 1.37. The number of nitrogens with zero attached hydrogens (tertiary/aromatic N) is 1. The van der Waals surface area contributed by atoms with E-state index in [0.717, 1.165) is 35.3 Å². The highest BCUT2D eigenvalue weighted by molar-refractivity contribution is 5.87. The summed E-state index contributed by atoms with van der Waals surface area (Å²) in [6, 6.07) is 5.98. The van der Waals surface area contributed by atoms with E-state index in [1.54, 1.807) is 0 Å². The van der Waals surface area contributed by atoms with E-state index in [-0.39, 0.29) is 5.97 Å². The predicted octanol–water partition coefficient (Wildman–Crippen LogP) is 2.08. The van der Waals surface area contributed by atoms with Crippen molar-refractivity contribution in [3.63, 3.8) is 0 Å². The van der Waals surface area contributed by atoms with Crippen LogP contribution in [0.5, 0.6) is 0 Å². The van der Waals surface area contributed by atoms with Crippen LogP contribution in [-0.4, -0.2) is 23.0 Å². The number of imidazole rings is 1. The summed E-state index contributed by atoms with van der Waals surface area (Å²) < 4.78 is 4.86. The second-order valence-corrected chi connectivity index (χ2v) is 4.63. The largest absolute Gasteiger partial charge is 0.468 e. The molecule has 0 atom stereocenters. The van der Waals surface area contributed by atoms with Gasteiger partial charge in [-0.05, 0) is 31.4 Å². The lowest BCUT2D eigenvalue weighted by Gasteiger charge is -2.08. The lowest BCUT2D eigenvalue weighted by Crippen LogP contribution is -2.23. The summed E-state index contributed by atoms with van der Waals surface area (Å²) in [5.74, 6) is 0.558. The van der Waals surface area contributed by atoms with E-state index in [9.17, 15) is 4.79 Å². The van der Waals surface area contributed by atoms with Gasteiger partial charge in [-0.1, -0.05) is 12.1 Å². The number of aryl methyl sites for hydroxylation is 1. The number of ether oxygens (including phenoxy) is 1. The molecule has 3 rings (SSSR count). The van der Waals surface area contributed by atoms with Crippen molar-refractivity contribution >= 4 is 17.0 Å². The molecule has 88 valence electrons. The van der Waals surface area contributed by atoms with Crippen molar-refractivity contribution in [3.05, 3.63) is 29.6 Å². The van der Waals surface area contributed by atoms with E-state index in [0.29, 0.717) is 0 Å². The first kappa shape index (κ1) is 10.3. The molecule has 1 fully saturated rings. The summed E-state index contributed by atoms with van der Waals surface area (Å²) in [5.41, 5.74) is 2.53. The first-order valence-corrected chi connectivity index (χ1v) is 5.71. The summed E-state index contributed by atoms with van der Waals surface area (Å²) in [7, 11) is 1.43. The van der Waals surface area contributed by atoms with Crippen molar-refractivity contribution in [1.82, 2.24) is 9.97 Å². The maximum Gasteiger partial charge on any atom is 0.319 e. The van der Waals surface area contributed by atoms with Gasteiger partial charge in [0.15, 0.2) is 0 Å². The second kappa shape index (κ2) is 3.32. The minimum absolute atomic E-state index is 0.186. The molecule has 4 nitrogen and oxygen atoms in total. The summed E-state index contributed by atoms with van der Waals surface area (Å²) in [4.78, 5) is 19.6. The summed E-state index contributed by atoms with van der Waals surface area (Å²) in [6.45, 7) is 2.02. The molecule has 1 aromatic heterocycles. The van der Waals surface area contributed by atoms with E-state index >= 15 is 0 Å². The van der Waals surface area contributed by atoms with Gasteiger partial charge < -0.3 is 9.72 Å². The van der Waals surface area contributed by atoms with Crippen LogP contribution >= 0.6 is 0 Å². The van der Waals surface area contributed by atoms with Gasteiger partial charge in [-0.15, -0.1) is 0 Å². The molecule has 1 saturated carbocycles. The maximum atomic E-state index is 11.8. The van der Waals surface area contributed by atoms with Crippen LogP contribution in [0.1, 0.15) is 24.2 Å². The molecule has 1 N–H and O–H groups in total. The quantitative estimate of drug-likeness (QED) is 0.803. The van der Waals surface area contributed by atoms with Gasteiger partial charge in [0.2, 0.25) is 0 Å². The molecular weight excluding hydrogens is 216 g/mol. The Morgan fingerprint density at radius 1 is 1.47 bits per heavy atom. The molecule has 1 aliphatic rings. The van der Waals surface area contributed by atoms with Crippen molar-refractivity contribution in [1.29, 1.82) is 0 Å². The van der Waals surface area contributed by atoms with Crippen LogP contribution in [0.4, 0.5) is 0 Å². The van der Waals surface area contributed by atoms with Crippen molar-refractivity contribution in [2.45, 2.75) is 25.2 Å².